The minimum absolute atomic E-state index is 0.251. The third kappa shape index (κ3) is 6.42. The summed E-state index contributed by atoms with van der Waals surface area (Å²) in [5, 5.41) is 0. The molecule has 1 saturated heterocycles. The molecule has 0 aromatic carbocycles. The van der Waals surface area contributed by atoms with Crippen molar-refractivity contribution in [3.8, 4) is 0 Å². The Kier molecular flexibility index (Phi) is 8.57. The quantitative estimate of drug-likeness (QED) is 0.658. The second kappa shape index (κ2) is 10.7. The number of carbonyl (C=O) groups excluding carboxylic acids is 2. The highest BCUT2D eigenvalue weighted by Gasteiger charge is 2.24. The second-order valence-corrected chi connectivity index (χ2v) is 7.40. The van der Waals surface area contributed by atoms with Crippen molar-refractivity contribution in [2.24, 2.45) is 11.7 Å². The van der Waals surface area contributed by atoms with E-state index in [1.807, 2.05) is 9.80 Å². The van der Waals surface area contributed by atoms with E-state index in [0.717, 1.165) is 44.6 Å². The Hall–Kier alpha value is -1.10. The summed E-state index contributed by atoms with van der Waals surface area (Å²) in [7, 11) is 0. The Balaban J connectivity index is 1.58. The number of nitrogens with two attached hydrogens (primary N) is 1. The Labute approximate surface area is 146 Å². The minimum Gasteiger partial charge on any atom is -0.339 e. The van der Waals surface area contributed by atoms with Crippen LogP contribution in [-0.4, -0.2) is 54.3 Å². The van der Waals surface area contributed by atoms with Crippen molar-refractivity contribution in [3.05, 3.63) is 0 Å². The highest BCUT2D eigenvalue weighted by atomic mass is 16.2. The summed E-state index contributed by atoms with van der Waals surface area (Å²) in [4.78, 5) is 28.4. The van der Waals surface area contributed by atoms with Gasteiger partial charge in [0.25, 0.3) is 0 Å². The molecule has 1 aliphatic carbocycles. The zero-order valence-electron chi connectivity index (χ0n) is 15.2. The predicted octanol–water partition coefficient (Wildman–Crippen LogP) is 2.54. The van der Waals surface area contributed by atoms with E-state index in [0.29, 0.717) is 39.0 Å². The lowest BCUT2D eigenvalue weighted by molar-refractivity contribution is -0.139. The van der Waals surface area contributed by atoms with Gasteiger partial charge >= 0.3 is 0 Å². The maximum absolute atomic E-state index is 12.3. The molecule has 2 N–H and O–H groups in total. The van der Waals surface area contributed by atoms with E-state index < -0.39 is 0 Å². The Morgan fingerprint density at radius 1 is 0.792 bits per heavy atom. The summed E-state index contributed by atoms with van der Waals surface area (Å²) in [6, 6.07) is 0. The molecule has 2 rings (SSSR count). The molecule has 0 aromatic rings. The van der Waals surface area contributed by atoms with E-state index in [9.17, 15) is 9.59 Å². The predicted molar refractivity (Wildman–Crippen MR) is 96.5 cm³/mol. The van der Waals surface area contributed by atoms with Gasteiger partial charge in [0.1, 0.15) is 0 Å². The molecule has 0 spiro atoms. The normalized spacial score (nSPS) is 19.0. The molecule has 5 nitrogen and oxygen atoms in total. The van der Waals surface area contributed by atoms with Gasteiger partial charge in [-0.15, -0.1) is 0 Å². The molecule has 1 saturated carbocycles. The summed E-state index contributed by atoms with van der Waals surface area (Å²) in [5.74, 6) is 1.31. The lowest BCUT2D eigenvalue weighted by atomic mass is 10.0. The number of hydrogen-bond donors (Lipinski definition) is 1. The van der Waals surface area contributed by atoms with Gasteiger partial charge in [0, 0.05) is 39.0 Å². The SMILES string of the molecule is NCCCCCCC(=O)N1CCN(C(=O)CCC2CCCC2)CC1. The second-order valence-electron chi connectivity index (χ2n) is 7.40. The van der Waals surface area contributed by atoms with Gasteiger partial charge in [0.15, 0.2) is 0 Å². The van der Waals surface area contributed by atoms with Crippen LogP contribution < -0.4 is 5.73 Å². The van der Waals surface area contributed by atoms with Crippen molar-refractivity contribution in [2.45, 2.75) is 70.6 Å². The highest BCUT2D eigenvalue weighted by molar-refractivity contribution is 5.78. The standard InChI is InChI=1S/C19H35N3O2/c20-12-6-2-1-3-9-18(23)21-13-15-22(16-14-21)19(24)11-10-17-7-4-5-8-17/h17H,1-16,20H2. The molecule has 0 bridgehead atoms. The average molecular weight is 338 g/mol. The van der Waals surface area contributed by atoms with E-state index in [4.69, 9.17) is 5.73 Å². The van der Waals surface area contributed by atoms with Crippen molar-refractivity contribution in [1.82, 2.24) is 9.80 Å². The van der Waals surface area contributed by atoms with Crippen LogP contribution in [0.4, 0.5) is 0 Å². The van der Waals surface area contributed by atoms with Crippen molar-refractivity contribution in [3.63, 3.8) is 0 Å². The fourth-order valence-electron chi connectivity index (χ4n) is 3.92. The largest absolute Gasteiger partial charge is 0.339 e. The Morgan fingerprint density at radius 3 is 1.92 bits per heavy atom. The van der Waals surface area contributed by atoms with Crippen LogP contribution in [0.15, 0.2) is 0 Å². The zero-order valence-corrected chi connectivity index (χ0v) is 15.2. The fourth-order valence-corrected chi connectivity index (χ4v) is 3.92. The number of nitrogens with zero attached hydrogens (tertiary/aromatic N) is 2. The van der Waals surface area contributed by atoms with Crippen molar-refractivity contribution in [2.75, 3.05) is 32.7 Å². The van der Waals surface area contributed by atoms with Gasteiger partial charge in [-0.25, -0.2) is 0 Å². The number of amides is 2. The smallest absolute Gasteiger partial charge is 0.222 e. The molecular weight excluding hydrogens is 302 g/mol. The molecule has 5 heteroatoms. The molecule has 1 heterocycles. The first-order valence-corrected chi connectivity index (χ1v) is 9.96. The number of rotatable bonds is 9. The first-order valence-electron chi connectivity index (χ1n) is 9.96. The lowest BCUT2D eigenvalue weighted by Gasteiger charge is -2.35. The maximum Gasteiger partial charge on any atom is 0.222 e. The minimum atomic E-state index is 0.251. The van der Waals surface area contributed by atoms with Gasteiger partial charge in [-0.05, 0) is 31.7 Å². The van der Waals surface area contributed by atoms with Crippen LogP contribution >= 0.6 is 0 Å². The van der Waals surface area contributed by atoms with Crippen LogP contribution in [0.25, 0.3) is 0 Å². The molecule has 2 amide bonds. The number of unbranched alkanes of at least 4 members (excludes halogenated alkanes) is 3. The molecule has 2 fully saturated rings. The Bertz CT molecular complexity index is 386. The van der Waals surface area contributed by atoms with Gasteiger partial charge in [0.2, 0.25) is 11.8 Å². The van der Waals surface area contributed by atoms with Crippen LogP contribution in [0, 0.1) is 5.92 Å². The van der Waals surface area contributed by atoms with Crippen LogP contribution in [0.2, 0.25) is 0 Å². The summed E-state index contributed by atoms with van der Waals surface area (Å²) in [6.45, 7) is 3.57. The van der Waals surface area contributed by atoms with E-state index in [-0.39, 0.29) is 11.8 Å². The third-order valence-electron chi connectivity index (χ3n) is 5.57. The first-order chi connectivity index (χ1) is 11.7. The fraction of sp³-hybridized carbons (Fsp3) is 0.895. The van der Waals surface area contributed by atoms with Crippen molar-refractivity contribution >= 4 is 11.8 Å². The van der Waals surface area contributed by atoms with Gasteiger partial charge in [-0.3, -0.25) is 9.59 Å². The van der Waals surface area contributed by atoms with E-state index in [2.05, 4.69) is 0 Å². The number of carbonyl (C=O) groups is 2. The molecule has 1 aliphatic heterocycles. The van der Waals surface area contributed by atoms with E-state index in [1.165, 1.54) is 25.7 Å². The molecule has 0 radical (unpaired) electrons. The van der Waals surface area contributed by atoms with Gasteiger partial charge < -0.3 is 15.5 Å². The average Bonchev–Trinajstić information content (AvgIpc) is 3.13. The molecular formula is C19H35N3O2. The molecule has 0 unspecified atom stereocenters. The molecule has 138 valence electrons. The molecule has 2 aliphatic rings. The topological polar surface area (TPSA) is 66.6 Å². The third-order valence-corrected chi connectivity index (χ3v) is 5.57. The number of hydrogen-bond acceptors (Lipinski definition) is 3. The van der Waals surface area contributed by atoms with E-state index in [1.54, 1.807) is 0 Å². The van der Waals surface area contributed by atoms with Crippen molar-refractivity contribution in [1.29, 1.82) is 0 Å². The Morgan fingerprint density at radius 2 is 1.33 bits per heavy atom. The molecule has 0 atom stereocenters. The number of piperazine rings is 1. The van der Waals surface area contributed by atoms with Gasteiger partial charge in [-0.1, -0.05) is 38.5 Å². The molecule has 0 aromatic heterocycles. The van der Waals surface area contributed by atoms with Crippen LogP contribution in [0.1, 0.15) is 70.6 Å². The van der Waals surface area contributed by atoms with Gasteiger partial charge in [0.05, 0.1) is 0 Å². The first kappa shape index (κ1) is 19.2. The monoisotopic (exact) mass is 337 g/mol. The lowest BCUT2D eigenvalue weighted by Crippen LogP contribution is -2.50. The maximum atomic E-state index is 12.3. The van der Waals surface area contributed by atoms with Crippen molar-refractivity contribution < 1.29 is 9.59 Å². The summed E-state index contributed by atoms with van der Waals surface area (Å²) in [5.41, 5.74) is 5.47. The van der Waals surface area contributed by atoms with Crippen LogP contribution in [-0.2, 0) is 9.59 Å². The van der Waals surface area contributed by atoms with Crippen LogP contribution in [0.3, 0.4) is 0 Å². The van der Waals surface area contributed by atoms with Crippen LogP contribution in [0.5, 0.6) is 0 Å². The summed E-state index contributed by atoms with van der Waals surface area (Å²) >= 11 is 0. The summed E-state index contributed by atoms with van der Waals surface area (Å²) < 4.78 is 0. The zero-order chi connectivity index (χ0) is 17.2. The van der Waals surface area contributed by atoms with Gasteiger partial charge in [-0.2, -0.15) is 0 Å². The molecule has 24 heavy (non-hydrogen) atoms. The van der Waals surface area contributed by atoms with E-state index >= 15 is 0 Å². The highest BCUT2D eigenvalue weighted by Crippen LogP contribution is 2.28. The summed E-state index contributed by atoms with van der Waals surface area (Å²) in [6.07, 6.45) is 11.9.